The van der Waals surface area contributed by atoms with Crippen molar-refractivity contribution in [1.82, 2.24) is 4.98 Å². The number of anilines is 1. The Morgan fingerprint density at radius 3 is 2.86 bits per heavy atom. The number of nitrogens with zero attached hydrogens (tertiary/aromatic N) is 1. The number of pyridine rings is 1. The van der Waals surface area contributed by atoms with Gasteiger partial charge in [-0.15, -0.1) is 0 Å². The van der Waals surface area contributed by atoms with Crippen LogP contribution in [0.4, 0.5) is 19.0 Å². The van der Waals surface area contributed by atoms with E-state index in [9.17, 15) is 18.0 Å². The fourth-order valence-corrected chi connectivity index (χ4v) is 2.72. The first-order valence-electron chi connectivity index (χ1n) is 6.64. The number of fused-ring (bicyclic) bond motifs is 3. The third-order valence-corrected chi connectivity index (χ3v) is 3.86. The van der Waals surface area contributed by atoms with Crippen LogP contribution < -0.4 is 5.32 Å². The molecule has 0 aromatic carbocycles. The standard InChI is InChI=1S/C16H9F3N2O/c17-16(18,19)9-3-4-20-14(7-9)21-15(22)11-2-1-10-12-5-8(12)6-13(10)11/h1-7,12H,(H,20,21,22). The fraction of sp³-hybridized carbons (Fsp3) is 0.125. The number of hydrogen-bond donors (Lipinski definition) is 1. The van der Waals surface area contributed by atoms with Gasteiger partial charge in [0.2, 0.25) is 0 Å². The first-order valence-corrected chi connectivity index (χ1v) is 6.64. The molecule has 110 valence electrons. The number of halogens is 3. The number of hydrogen-bond acceptors (Lipinski definition) is 2. The van der Waals surface area contributed by atoms with Crippen molar-refractivity contribution in [2.45, 2.75) is 6.18 Å². The van der Waals surface area contributed by atoms with Gasteiger partial charge in [-0.25, -0.2) is 4.98 Å². The number of aromatic nitrogens is 1. The molecule has 22 heavy (non-hydrogen) atoms. The van der Waals surface area contributed by atoms with Crippen molar-refractivity contribution in [3.8, 4) is 0 Å². The lowest BCUT2D eigenvalue weighted by Crippen LogP contribution is -2.16. The lowest BCUT2D eigenvalue weighted by Gasteiger charge is -2.10. The van der Waals surface area contributed by atoms with Crippen LogP contribution in [0.25, 0.3) is 0 Å². The van der Waals surface area contributed by atoms with Gasteiger partial charge < -0.3 is 5.32 Å². The van der Waals surface area contributed by atoms with Crippen molar-refractivity contribution < 1.29 is 18.0 Å². The molecule has 0 saturated heterocycles. The SMILES string of the molecule is O=C(Nc1cc(C(F)(F)F)ccn1)C1=CC=C2C1=CC1=CC12. The van der Waals surface area contributed by atoms with E-state index in [0.717, 1.165) is 29.5 Å². The number of rotatable bonds is 2. The van der Waals surface area contributed by atoms with E-state index in [1.54, 1.807) is 6.08 Å². The van der Waals surface area contributed by atoms with Crippen molar-refractivity contribution in [2.24, 2.45) is 5.92 Å². The first kappa shape index (κ1) is 13.1. The van der Waals surface area contributed by atoms with Gasteiger partial charge in [-0.2, -0.15) is 13.2 Å². The quantitative estimate of drug-likeness (QED) is 0.909. The van der Waals surface area contributed by atoms with E-state index in [0.29, 0.717) is 11.5 Å². The second-order valence-electron chi connectivity index (χ2n) is 5.29. The molecule has 1 unspecified atom stereocenters. The highest BCUT2D eigenvalue weighted by Gasteiger charge is 2.39. The van der Waals surface area contributed by atoms with E-state index in [2.05, 4.69) is 16.4 Å². The Hall–Kier alpha value is -2.63. The van der Waals surface area contributed by atoms with E-state index in [1.165, 1.54) is 5.57 Å². The van der Waals surface area contributed by atoms with E-state index < -0.39 is 17.6 Å². The Morgan fingerprint density at radius 2 is 2.09 bits per heavy atom. The van der Waals surface area contributed by atoms with Crippen LogP contribution in [0.5, 0.6) is 0 Å². The Kier molecular flexibility index (Phi) is 2.49. The minimum atomic E-state index is -4.47. The zero-order valence-electron chi connectivity index (χ0n) is 11.1. The summed E-state index contributed by atoms with van der Waals surface area (Å²) in [6.45, 7) is 0. The molecule has 0 aliphatic heterocycles. The molecule has 6 heteroatoms. The predicted octanol–water partition coefficient (Wildman–Crippen LogP) is 3.40. The molecular formula is C16H9F3N2O. The van der Waals surface area contributed by atoms with Crippen LogP contribution in [0.15, 0.2) is 64.9 Å². The van der Waals surface area contributed by atoms with Gasteiger partial charge in [0.15, 0.2) is 0 Å². The van der Waals surface area contributed by atoms with E-state index in [-0.39, 0.29) is 5.82 Å². The van der Waals surface area contributed by atoms with Crippen LogP contribution in [0.3, 0.4) is 0 Å². The minimum Gasteiger partial charge on any atom is -0.307 e. The second kappa shape index (κ2) is 4.19. The Morgan fingerprint density at radius 1 is 1.27 bits per heavy atom. The zero-order valence-corrected chi connectivity index (χ0v) is 11.1. The van der Waals surface area contributed by atoms with Crippen molar-refractivity contribution in [3.63, 3.8) is 0 Å². The average molecular weight is 302 g/mol. The number of carbonyl (C=O) groups excluding carboxylic acids is 1. The van der Waals surface area contributed by atoms with Gasteiger partial charge in [0, 0.05) is 17.7 Å². The average Bonchev–Trinajstić information content (AvgIpc) is 2.93. The maximum atomic E-state index is 12.7. The van der Waals surface area contributed by atoms with Gasteiger partial charge in [-0.1, -0.05) is 12.2 Å². The number of amides is 1. The molecule has 4 rings (SSSR count). The summed E-state index contributed by atoms with van der Waals surface area (Å²) in [5.74, 6) is -0.244. The molecule has 1 aromatic heterocycles. The summed E-state index contributed by atoms with van der Waals surface area (Å²) in [4.78, 5) is 16.0. The summed E-state index contributed by atoms with van der Waals surface area (Å²) >= 11 is 0. The van der Waals surface area contributed by atoms with E-state index >= 15 is 0 Å². The zero-order chi connectivity index (χ0) is 15.5. The van der Waals surface area contributed by atoms with Gasteiger partial charge in [0.25, 0.3) is 5.91 Å². The molecule has 1 amide bonds. The van der Waals surface area contributed by atoms with Crippen LogP contribution >= 0.6 is 0 Å². The van der Waals surface area contributed by atoms with Crippen LogP contribution in [0.2, 0.25) is 0 Å². The molecular weight excluding hydrogens is 293 g/mol. The highest BCUT2D eigenvalue weighted by atomic mass is 19.4. The smallest absolute Gasteiger partial charge is 0.307 e. The lowest BCUT2D eigenvalue weighted by atomic mass is 10.0. The molecule has 1 N–H and O–H groups in total. The van der Waals surface area contributed by atoms with Crippen LogP contribution in [0.1, 0.15) is 5.56 Å². The number of carbonyl (C=O) groups is 1. The van der Waals surface area contributed by atoms with E-state index in [4.69, 9.17) is 0 Å². The summed E-state index contributed by atoms with van der Waals surface area (Å²) < 4.78 is 38.0. The minimum absolute atomic E-state index is 0.114. The van der Waals surface area contributed by atoms with Crippen molar-refractivity contribution in [2.75, 3.05) is 5.32 Å². The van der Waals surface area contributed by atoms with Crippen molar-refractivity contribution in [1.29, 1.82) is 0 Å². The number of nitrogens with one attached hydrogen (secondary N) is 1. The summed E-state index contributed by atoms with van der Waals surface area (Å²) in [6.07, 6.45) is 4.16. The predicted molar refractivity (Wildman–Crippen MR) is 73.7 cm³/mol. The molecule has 3 aliphatic carbocycles. The molecule has 0 radical (unpaired) electrons. The Labute approximate surface area is 123 Å². The molecule has 3 nitrogen and oxygen atoms in total. The summed E-state index contributed by atoms with van der Waals surface area (Å²) in [5, 5.41) is 2.43. The summed E-state index contributed by atoms with van der Waals surface area (Å²) in [7, 11) is 0. The normalized spacial score (nSPS) is 21.3. The summed E-state index contributed by atoms with van der Waals surface area (Å²) in [5.41, 5.74) is 2.74. The Bertz CT molecular complexity index is 828. The molecule has 1 aromatic rings. The monoisotopic (exact) mass is 302 g/mol. The maximum absolute atomic E-state index is 12.7. The van der Waals surface area contributed by atoms with Gasteiger partial charge in [0.1, 0.15) is 5.82 Å². The third-order valence-electron chi connectivity index (χ3n) is 3.86. The number of alkyl halides is 3. The molecule has 0 saturated carbocycles. The van der Waals surface area contributed by atoms with Crippen LogP contribution in [-0.2, 0) is 11.0 Å². The van der Waals surface area contributed by atoms with Gasteiger partial charge in [-0.3, -0.25) is 4.79 Å². The maximum Gasteiger partial charge on any atom is 0.416 e. The van der Waals surface area contributed by atoms with Gasteiger partial charge in [-0.05, 0) is 41.0 Å². The topological polar surface area (TPSA) is 42.0 Å². The number of allylic oxidation sites excluding steroid dienone is 6. The largest absolute Gasteiger partial charge is 0.416 e. The van der Waals surface area contributed by atoms with Crippen LogP contribution in [0, 0.1) is 5.92 Å². The fourth-order valence-electron chi connectivity index (χ4n) is 2.72. The van der Waals surface area contributed by atoms with Crippen LogP contribution in [-0.4, -0.2) is 10.9 Å². The highest BCUT2D eigenvalue weighted by molar-refractivity contribution is 6.09. The lowest BCUT2D eigenvalue weighted by molar-refractivity contribution is -0.137. The summed E-state index contributed by atoms with van der Waals surface area (Å²) in [6, 6.07) is 1.69. The molecule has 0 bridgehead atoms. The molecule has 1 heterocycles. The van der Waals surface area contributed by atoms with Gasteiger partial charge in [0.05, 0.1) is 5.56 Å². The van der Waals surface area contributed by atoms with Crippen molar-refractivity contribution >= 4 is 11.7 Å². The first-order chi connectivity index (χ1) is 10.4. The van der Waals surface area contributed by atoms with Gasteiger partial charge >= 0.3 is 6.18 Å². The van der Waals surface area contributed by atoms with E-state index in [1.807, 2.05) is 12.2 Å². The third kappa shape index (κ3) is 1.99. The molecule has 0 spiro atoms. The second-order valence-corrected chi connectivity index (χ2v) is 5.29. The van der Waals surface area contributed by atoms with Crippen molar-refractivity contribution in [3.05, 3.63) is 70.5 Å². The Balaban J connectivity index is 1.54. The molecule has 3 aliphatic rings. The highest BCUT2D eigenvalue weighted by Crippen LogP contribution is 2.51. The molecule has 0 fully saturated rings. The molecule has 1 atom stereocenters.